The number of hydrogen-bond acceptors (Lipinski definition) is 3. The Morgan fingerprint density at radius 2 is 2.00 bits per heavy atom. The molecule has 104 valence electrons. The molecule has 0 bridgehead atoms. The van der Waals surface area contributed by atoms with Gasteiger partial charge in [-0.2, -0.15) is 0 Å². The summed E-state index contributed by atoms with van der Waals surface area (Å²) in [5, 5.41) is 0. The molecule has 1 aromatic heterocycles. The molecule has 0 fully saturated rings. The SMILES string of the molecule is CCCCS(=O)(=O)CCn1c(=S)[nH]c2ccccc21. The molecule has 0 unspecified atom stereocenters. The Morgan fingerprint density at radius 1 is 1.26 bits per heavy atom. The number of benzene rings is 1. The lowest BCUT2D eigenvalue weighted by molar-refractivity contribution is 0.586. The van der Waals surface area contributed by atoms with Gasteiger partial charge in [-0.1, -0.05) is 25.5 Å². The van der Waals surface area contributed by atoms with Crippen LogP contribution in [0.15, 0.2) is 24.3 Å². The van der Waals surface area contributed by atoms with E-state index in [2.05, 4.69) is 4.98 Å². The van der Waals surface area contributed by atoms with E-state index >= 15 is 0 Å². The molecule has 0 aliphatic heterocycles. The van der Waals surface area contributed by atoms with Crippen LogP contribution in [0.4, 0.5) is 0 Å². The molecular formula is C13H18N2O2S2. The highest BCUT2D eigenvalue weighted by Crippen LogP contribution is 2.13. The zero-order valence-corrected chi connectivity index (χ0v) is 12.6. The van der Waals surface area contributed by atoms with Gasteiger partial charge in [-0.25, -0.2) is 8.42 Å². The molecule has 0 radical (unpaired) electrons. The average molecular weight is 298 g/mol. The number of para-hydroxylation sites is 2. The van der Waals surface area contributed by atoms with Crippen LogP contribution in [0.1, 0.15) is 19.8 Å². The summed E-state index contributed by atoms with van der Waals surface area (Å²) >= 11 is 5.24. The molecule has 0 saturated heterocycles. The van der Waals surface area contributed by atoms with Crippen LogP contribution in [0.5, 0.6) is 0 Å². The third-order valence-electron chi connectivity index (χ3n) is 3.12. The van der Waals surface area contributed by atoms with E-state index in [9.17, 15) is 8.42 Å². The predicted octanol–water partition coefficient (Wildman–Crippen LogP) is 2.91. The van der Waals surface area contributed by atoms with Gasteiger partial charge in [0.2, 0.25) is 0 Å². The van der Waals surface area contributed by atoms with E-state index in [1.54, 1.807) is 0 Å². The van der Waals surface area contributed by atoms with Gasteiger partial charge in [-0.15, -0.1) is 0 Å². The van der Waals surface area contributed by atoms with Crippen molar-refractivity contribution in [1.82, 2.24) is 9.55 Å². The summed E-state index contributed by atoms with van der Waals surface area (Å²) in [6, 6.07) is 7.73. The second-order valence-corrected chi connectivity index (χ2v) is 7.29. The summed E-state index contributed by atoms with van der Waals surface area (Å²) in [6.07, 6.45) is 1.62. The molecule has 0 atom stereocenters. The Labute approximate surface area is 118 Å². The van der Waals surface area contributed by atoms with Crippen LogP contribution in [-0.2, 0) is 16.4 Å². The number of aromatic amines is 1. The monoisotopic (exact) mass is 298 g/mol. The van der Waals surface area contributed by atoms with Crippen LogP contribution in [0.3, 0.4) is 0 Å². The highest BCUT2D eigenvalue weighted by atomic mass is 32.2. The predicted molar refractivity (Wildman–Crippen MR) is 80.7 cm³/mol. The second-order valence-electron chi connectivity index (χ2n) is 4.60. The summed E-state index contributed by atoms with van der Waals surface area (Å²) in [5.41, 5.74) is 1.90. The van der Waals surface area contributed by atoms with Gasteiger partial charge in [0, 0.05) is 6.54 Å². The number of aromatic nitrogens is 2. The topological polar surface area (TPSA) is 54.9 Å². The number of H-pyrrole nitrogens is 1. The van der Waals surface area contributed by atoms with E-state index in [4.69, 9.17) is 12.2 Å². The van der Waals surface area contributed by atoms with Crippen molar-refractivity contribution in [3.05, 3.63) is 29.0 Å². The molecule has 4 nitrogen and oxygen atoms in total. The number of aryl methyl sites for hydroxylation is 1. The average Bonchev–Trinajstić information content (AvgIpc) is 2.70. The minimum atomic E-state index is -2.99. The molecule has 1 heterocycles. The summed E-state index contributed by atoms with van der Waals surface area (Å²) in [6.45, 7) is 2.40. The molecule has 1 aromatic carbocycles. The van der Waals surface area contributed by atoms with Crippen molar-refractivity contribution in [2.45, 2.75) is 26.3 Å². The van der Waals surface area contributed by atoms with Crippen molar-refractivity contribution in [2.75, 3.05) is 11.5 Å². The smallest absolute Gasteiger partial charge is 0.178 e. The van der Waals surface area contributed by atoms with Gasteiger partial charge >= 0.3 is 0 Å². The van der Waals surface area contributed by atoms with Gasteiger partial charge in [0.1, 0.15) is 0 Å². The third-order valence-corrected chi connectivity index (χ3v) is 5.15. The lowest BCUT2D eigenvalue weighted by Crippen LogP contribution is -2.16. The number of nitrogens with one attached hydrogen (secondary N) is 1. The van der Waals surface area contributed by atoms with Crippen molar-refractivity contribution in [3.63, 3.8) is 0 Å². The highest BCUT2D eigenvalue weighted by Gasteiger charge is 2.12. The van der Waals surface area contributed by atoms with Crippen LogP contribution in [-0.4, -0.2) is 29.5 Å². The summed E-state index contributed by atoms with van der Waals surface area (Å²) in [7, 11) is -2.99. The minimum absolute atomic E-state index is 0.142. The van der Waals surface area contributed by atoms with Gasteiger partial charge in [-0.05, 0) is 30.8 Å². The Bertz CT molecular complexity index is 714. The maximum atomic E-state index is 11.9. The van der Waals surface area contributed by atoms with E-state index < -0.39 is 9.84 Å². The van der Waals surface area contributed by atoms with Gasteiger partial charge in [0.15, 0.2) is 14.6 Å². The Morgan fingerprint density at radius 3 is 2.74 bits per heavy atom. The number of fused-ring (bicyclic) bond motifs is 1. The van der Waals surface area contributed by atoms with Crippen LogP contribution < -0.4 is 0 Å². The highest BCUT2D eigenvalue weighted by molar-refractivity contribution is 7.91. The first-order chi connectivity index (χ1) is 9.03. The molecule has 0 saturated carbocycles. The molecular weight excluding hydrogens is 280 g/mol. The third kappa shape index (κ3) is 3.45. The molecule has 0 spiro atoms. The second kappa shape index (κ2) is 5.88. The van der Waals surface area contributed by atoms with Crippen molar-refractivity contribution in [3.8, 4) is 0 Å². The van der Waals surface area contributed by atoms with E-state index in [1.165, 1.54) is 0 Å². The minimum Gasteiger partial charge on any atom is -0.331 e. The Balaban J connectivity index is 2.18. The lowest BCUT2D eigenvalue weighted by atomic mass is 10.3. The van der Waals surface area contributed by atoms with E-state index in [0.29, 0.717) is 11.3 Å². The Hall–Kier alpha value is -1.14. The van der Waals surface area contributed by atoms with Crippen LogP contribution in [0.25, 0.3) is 11.0 Å². The van der Waals surface area contributed by atoms with Crippen LogP contribution in [0, 0.1) is 4.77 Å². The first-order valence-corrected chi connectivity index (χ1v) is 8.64. The fraction of sp³-hybridized carbons (Fsp3) is 0.462. The summed E-state index contributed by atoms with van der Waals surface area (Å²) in [4.78, 5) is 3.09. The number of sulfone groups is 1. The number of hydrogen-bond donors (Lipinski definition) is 1. The number of rotatable bonds is 6. The molecule has 2 rings (SSSR count). The number of imidazole rings is 1. The fourth-order valence-electron chi connectivity index (χ4n) is 2.03. The summed E-state index contributed by atoms with van der Waals surface area (Å²) < 4.78 is 26.2. The molecule has 1 N–H and O–H groups in total. The van der Waals surface area contributed by atoms with Crippen molar-refractivity contribution in [2.24, 2.45) is 0 Å². The van der Waals surface area contributed by atoms with Gasteiger partial charge in [-0.3, -0.25) is 0 Å². The number of nitrogens with zero attached hydrogens (tertiary/aromatic N) is 1. The molecule has 0 amide bonds. The lowest BCUT2D eigenvalue weighted by Gasteiger charge is -2.06. The number of unbranched alkanes of at least 4 members (excludes halogenated alkanes) is 1. The van der Waals surface area contributed by atoms with Crippen molar-refractivity contribution < 1.29 is 8.42 Å². The van der Waals surface area contributed by atoms with Gasteiger partial charge < -0.3 is 9.55 Å². The van der Waals surface area contributed by atoms with E-state index in [0.717, 1.165) is 23.9 Å². The molecule has 19 heavy (non-hydrogen) atoms. The zero-order chi connectivity index (χ0) is 13.9. The first-order valence-electron chi connectivity index (χ1n) is 6.41. The van der Waals surface area contributed by atoms with Gasteiger partial charge in [0.25, 0.3) is 0 Å². The largest absolute Gasteiger partial charge is 0.331 e. The van der Waals surface area contributed by atoms with Gasteiger partial charge in [0.05, 0.1) is 22.5 Å². The molecule has 6 heteroatoms. The Kier molecular flexibility index (Phi) is 4.42. The van der Waals surface area contributed by atoms with E-state index in [1.807, 2.05) is 35.8 Å². The zero-order valence-electron chi connectivity index (χ0n) is 10.9. The molecule has 0 aliphatic carbocycles. The fourth-order valence-corrected chi connectivity index (χ4v) is 3.72. The molecule has 2 aromatic rings. The standard InChI is InChI=1S/C13H18N2O2S2/c1-2-3-9-19(16,17)10-8-15-12-7-5-4-6-11(12)14-13(15)18/h4-7H,2-3,8-10H2,1H3,(H,14,18). The quantitative estimate of drug-likeness (QED) is 0.834. The first kappa shape index (κ1) is 14.3. The molecule has 0 aliphatic rings. The van der Waals surface area contributed by atoms with Crippen LogP contribution in [0.2, 0.25) is 0 Å². The van der Waals surface area contributed by atoms with Crippen molar-refractivity contribution in [1.29, 1.82) is 0 Å². The maximum absolute atomic E-state index is 11.9. The summed E-state index contributed by atoms with van der Waals surface area (Å²) in [5.74, 6) is 0.405. The van der Waals surface area contributed by atoms with Crippen molar-refractivity contribution >= 4 is 33.1 Å². The van der Waals surface area contributed by atoms with Crippen LogP contribution >= 0.6 is 12.2 Å². The van der Waals surface area contributed by atoms with E-state index in [-0.39, 0.29) is 11.5 Å². The normalized spacial score (nSPS) is 12.1. The maximum Gasteiger partial charge on any atom is 0.178 e.